The van der Waals surface area contributed by atoms with E-state index < -0.39 is 0 Å². The topological polar surface area (TPSA) is 14.1 Å². The number of hydrogen-bond donors (Lipinski definition) is 0. The van der Waals surface area contributed by atoms with E-state index in [4.69, 9.17) is 5.32 Å². The van der Waals surface area contributed by atoms with E-state index in [1.165, 1.54) is 5.56 Å². The van der Waals surface area contributed by atoms with Crippen molar-refractivity contribution in [1.29, 1.82) is 0 Å². The maximum absolute atomic E-state index is 4.91. The molecule has 3 unspecified atom stereocenters. The third-order valence-corrected chi connectivity index (χ3v) is 3.92. The van der Waals surface area contributed by atoms with Crippen LogP contribution in [0, 0.1) is 5.92 Å². The molecule has 0 N–H and O–H groups in total. The summed E-state index contributed by atoms with van der Waals surface area (Å²) in [5, 5.41) is 4.91. The van der Waals surface area contributed by atoms with Gasteiger partial charge < -0.3 is 0 Å². The van der Waals surface area contributed by atoms with Crippen molar-refractivity contribution in [2.24, 2.45) is 5.92 Å². The van der Waals surface area contributed by atoms with E-state index in [2.05, 4.69) is 44.0 Å². The molecule has 0 spiro atoms. The standard InChI is InChI=1S/C18H22N/c1-4-9-14-15(10-5-2)17(11-6-3)19-18-13-8-7-12-16(14)18/h4-8,12-15,17H,1-3,9-11H2. The van der Waals surface area contributed by atoms with Gasteiger partial charge in [0, 0.05) is 0 Å². The molecule has 1 aliphatic rings. The van der Waals surface area contributed by atoms with Crippen LogP contribution in [0.15, 0.2) is 62.2 Å². The van der Waals surface area contributed by atoms with Gasteiger partial charge >= 0.3 is 0 Å². The van der Waals surface area contributed by atoms with Crippen LogP contribution in [0.2, 0.25) is 0 Å². The van der Waals surface area contributed by atoms with Crippen molar-refractivity contribution >= 4 is 5.69 Å². The molecule has 0 saturated heterocycles. The van der Waals surface area contributed by atoms with Crippen molar-refractivity contribution < 1.29 is 0 Å². The molecule has 19 heavy (non-hydrogen) atoms. The summed E-state index contributed by atoms with van der Waals surface area (Å²) in [6.07, 6.45) is 8.94. The monoisotopic (exact) mass is 252 g/mol. The Balaban J connectivity index is 2.39. The lowest BCUT2D eigenvalue weighted by atomic mass is 9.73. The number of fused-ring (bicyclic) bond motifs is 1. The van der Waals surface area contributed by atoms with Gasteiger partial charge in [0.1, 0.15) is 0 Å². The molecule has 1 heteroatoms. The zero-order chi connectivity index (χ0) is 13.7. The van der Waals surface area contributed by atoms with Crippen LogP contribution in [-0.4, -0.2) is 6.04 Å². The van der Waals surface area contributed by atoms with Gasteiger partial charge in [-0.1, -0.05) is 36.4 Å². The van der Waals surface area contributed by atoms with E-state index in [0.29, 0.717) is 17.9 Å². The minimum absolute atomic E-state index is 0.315. The van der Waals surface area contributed by atoms with Gasteiger partial charge in [-0.2, -0.15) is 0 Å². The summed E-state index contributed by atoms with van der Waals surface area (Å²) in [6, 6.07) is 8.80. The molecule has 1 radical (unpaired) electrons. The van der Waals surface area contributed by atoms with Crippen LogP contribution < -0.4 is 5.32 Å². The second-order valence-electron chi connectivity index (χ2n) is 5.10. The fourth-order valence-electron chi connectivity index (χ4n) is 3.09. The predicted octanol–water partition coefficient (Wildman–Crippen LogP) is 4.73. The van der Waals surface area contributed by atoms with Crippen LogP contribution in [0.1, 0.15) is 30.7 Å². The first-order chi connectivity index (χ1) is 9.31. The molecule has 2 rings (SSSR count). The molecular formula is C18H22N. The van der Waals surface area contributed by atoms with Crippen LogP contribution in [-0.2, 0) is 0 Å². The van der Waals surface area contributed by atoms with E-state index in [0.717, 1.165) is 24.9 Å². The average molecular weight is 252 g/mol. The molecule has 1 heterocycles. The van der Waals surface area contributed by atoms with Crippen molar-refractivity contribution in [3.8, 4) is 0 Å². The Morgan fingerprint density at radius 3 is 2.32 bits per heavy atom. The Morgan fingerprint density at radius 1 is 0.947 bits per heavy atom. The maximum atomic E-state index is 4.91. The molecule has 99 valence electrons. The number of rotatable bonds is 6. The summed E-state index contributed by atoms with van der Waals surface area (Å²) < 4.78 is 0. The third kappa shape index (κ3) is 2.81. The van der Waals surface area contributed by atoms with Crippen LogP contribution in [0.5, 0.6) is 0 Å². The lowest BCUT2D eigenvalue weighted by molar-refractivity contribution is 0.304. The van der Waals surface area contributed by atoms with E-state index in [1.807, 2.05) is 18.2 Å². The maximum Gasteiger partial charge on any atom is 0.0612 e. The van der Waals surface area contributed by atoms with Crippen molar-refractivity contribution in [2.75, 3.05) is 0 Å². The Bertz CT molecular complexity index is 461. The van der Waals surface area contributed by atoms with Gasteiger partial charge in [-0.25, -0.2) is 0 Å². The minimum Gasteiger partial charge on any atom is -0.281 e. The van der Waals surface area contributed by atoms with Gasteiger partial charge in [-0.05, 0) is 42.7 Å². The molecule has 0 bridgehead atoms. The normalized spacial score (nSPS) is 24.9. The molecule has 0 fully saturated rings. The fraction of sp³-hybridized carbons (Fsp3) is 0.333. The van der Waals surface area contributed by atoms with Gasteiger partial charge in [0.25, 0.3) is 0 Å². The summed E-state index contributed by atoms with van der Waals surface area (Å²) in [5.74, 6) is 0.998. The highest BCUT2D eigenvalue weighted by molar-refractivity contribution is 5.50. The van der Waals surface area contributed by atoms with E-state index in [1.54, 1.807) is 0 Å². The number of hydrogen-bond acceptors (Lipinski definition) is 0. The van der Waals surface area contributed by atoms with Crippen LogP contribution in [0.25, 0.3) is 0 Å². The van der Waals surface area contributed by atoms with E-state index >= 15 is 0 Å². The molecule has 1 aromatic carbocycles. The number of para-hydroxylation sites is 1. The third-order valence-electron chi connectivity index (χ3n) is 3.92. The quantitative estimate of drug-likeness (QED) is 0.650. The zero-order valence-electron chi connectivity index (χ0n) is 11.5. The number of allylic oxidation sites excluding steroid dienone is 2. The lowest BCUT2D eigenvalue weighted by Gasteiger charge is -2.38. The van der Waals surface area contributed by atoms with Gasteiger partial charge in [0.05, 0.1) is 11.7 Å². The van der Waals surface area contributed by atoms with Crippen LogP contribution in [0.3, 0.4) is 0 Å². The summed E-state index contributed by atoms with van der Waals surface area (Å²) in [7, 11) is 0. The van der Waals surface area contributed by atoms with E-state index in [-0.39, 0.29) is 0 Å². The van der Waals surface area contributed by atoms with Crippen molar-refractivity contribution in [3.63, 3.8) is 0 Å². The second-order valence-corrected chi connectivity index (χ2v) is 5.10. The summed E-state index contributed by atoms with van der Waals surface area (Å²) >= 11 is 0. The molecule has 1 aliphatic heterocycles. The zero-order valence-corrected chi connectivity index (χ0v) is 11.5. The Hall–Kier alpha value is -1.76. The number of nitrogens with zero attached hydrogens (tertiary/aromatic N) is 1. The molecule has 0 saturated carbocycles. The van der Waals surface area contributed by atoms with Crippen LogP contribution in [0.4, 0.5) is 5.69 Å². The van der Waals surface area contributed by atoms with E-state index in [9.17, 15) is 0 Å². The predicted molar refractivity (Wildman–Crippen MR) is 82.7 cm³/mol. The van der Waals surface area contributed by atoms with Gasteiger partial charge in [0.15, 0.2) is 0 Å². The Kier molecular flexibility index (Phi) is 4.62. The first-order valence-electron chi connectivity index (χ1n) is 6.94. The minimum atomic E-state index is 0.315. The van der Waals surface area contributed by atoms with Crippen molar-refractivity contribution in [3.05, 3.63) is 67.8 Å². The lowest BCUT2D eigenvalue weighted by Crippen LogP contribution is -2.36. The Labute approximate surface area is 116 Å². The summed E-state index contributed by atoms with van der Waals surface area (Å²) in [5.41, 5.74) is 2.50. The highest BCUT2D eigenvalue weighted by Crippen LogP contribution is 2.43. The summed E-state index contributed by atoms with van der Waals surface area (Å²) in [4.78, 5) is 0. The fourth-order valence-corrected chi connectivity index (χ4v) is 3.09. The molecule has 3 atom stereocenters. The van der Waals surface area contributed by atoms with Crippen molar-refractivity contribution in [2.45, 2.75) is 31.2 Å². The highest BCUT2D eigenvalue weighted by Gasteiger charge is 2.35. The molecule has 0 amide bonds. The SMILES string of the molecule is C=CCC1[N]c2ccccc2C(CC=C)C1CC=C. The smallest absolute Gasteiger partial charge is 0.0612 e. The van der Waals surface area contributed by atoms with Gasteiger partial charge in [-0.15, -0.1) is 19.7 Å². The first-order valence-corrected chi connectivity index (χ1v) is 6.94. The molecule has 1 nitrogen and oxygen atoms in total. The first kappa shape index (κ1) is 13.7. The van der Waals surface area contributed by atoms with Crippen molar-refractivity contribution in [1.82, 2.24) is 5.32 Å². The van der Waals surface area contributed by atoms with Crippen LogP contribution >= 0.6 is 0 Å². The molecule has 0 aliphatic carbocycles. The highest BCUT2D eigenvalue weighted by atomic mass is 14.9. The largest absolute Gasteiger partial charge is 0.281 e. The Morgan fingerprint density at radius 2 is 1.63 bits per heavy atom. The van der Waals surface area contributed by atoms with Gasteiger partial charge in [0.2, 0.25) is 0 Å². The second kappa shape index (κ2) is 6.42. The average Bonchev–Trinajstić information content (AvgIpc) is 2.43. The molecule has 0 aromatic heterocycles. The molecule has 1 aromatic rings. The number of benzene rings is 1. The molecular weight excluding hydrogens is 230 g/mol. The summed E-state index contributed by atoms with van der Waals surface area (Å²) in [6.45, 7) is 11.7. The van der Waals surface area contributed by atoms with Gasteiger partial charge in [-0.3, -0.25) is 5.32 Å².